The Morgan fingerprint density at radius 2 is 1.50 bits per heavy atom. The Morgan fingerprint density at radius 1 is 1.14 bits per heavy atom. The number of thiocarbonyl (C=S) groups is 1. The molecule has 2 heterocycles. The second-order valence-corrected chi connectivity index (χ2v) is 4.61. The van der Waals surface area contributed by atoms with Crippen molar-refractivity contribution >= 4 is 40.1 Å². The molecule has 0 atom stereocenters. The second kappa shape index (κ2) is 5.74. The molecule has 3 N–H and O–H groups in total. The molecule has 0 aliphatic heterocycles. The number of rotatable bonds is 1. The first-order valence-corrected chi connectivity index (χ1v) is 5.92. The minimum absolute atomic E-state index is 0.500. The summed E-state index contributed by atoms with van der Waals surface area (Å²) >= 11 is 7.45. The Balaban J connectivity index is 0.000000213. The summed E-state index contributed by atoms with van der Waals surface area (Å²) in [7, 11) is 0. The number of aliphatic hydroxyl groups excluding tert-OH is 1. The lowest BCUT2D eigenvalue weighted by Gasteiger charge is -1.84. The first-order chi connectivity index (χ1) is 6.70. The number of thiophene rings is 2. The van der Waals surface area contributed by atoms with E-state index in [0.29, 0.717) is 0 Å². The van der Waals surface area contributed by atoms with Crippen LogP contribution < -0.4 is 5.73 Å². The number of hydrogen-bond donors (Lipinski definition) is 2. The maximum Gasteiger partial charge on any atom is 0.251 e. The maximum atomic E-state index is 7.56. The van der Waals surface area contributed by atoms with Gasteiger partial charge in [0.2, 0.25) is 0 Å². The lowest BCUT2D eigenvalue weighted by atomic mass is 10.4. The Morgan fingerprint density at radius 3 is 1.71 bits per heavy atom. The van der Waals surface area contributed by atoms with Gasteiger partial charge in [-0.2, -0.15) is 0 Å². The lowest BCUT2D eigenvalue weighted by Crippen LogP contribution is -2.03. The van der Waals surface area contributed by atoms with Crippen LogP contribution in [0.1, 0.15) is 0 Å². The number of nitrogens with two attached hydrogens (primary N) is 1. The predicted molar refractivity (Wildman–Crippen MR) is 67.0 cm³/mol. The SMILES string of the molecule is NC(O)=S.c1csc(-c2cccs2)c1. The van der Waals surface area contributed by atoms with Crippen molar-refractivity contribution in [1.29, 1.82) is 0 Å². The second-order valence-electron chi connectivity index (χ2n) is 2.29. The van der Waals surface area contributed by atoms with E-state index < -0.39 is 5.17 Å². The molecule has 0 radical (unpaired) electrons. The van der Waals surface area contributed by atoms with Gasteiger partial charge in [0.25, 0.3) is 5.17 Å². The van der Waals surface area contributed by atoms with Crippen molar-refractivity contribution in [2.75, 3.05) is 0 Å². The van der Waals surface area contributed by atoms with E-state index in [1.54, 1.807) is 22.7 Å². The summed E-state index contributed by atoms with van der Waals surface area (Å²) in [5.41, 5.74) is 4.40. The van der Waals surface area contributed by atoms with Gasteiger partial charge in [0.1, 0.15) is 0 Å². The fraction of sp³-hybridized carbons (Fsp3) is 0. The molecule has 2 aromatic heterocycles. The third-order valence-electron chi connectivity index (χ3n) is 1.29. The number of hydrogen-bond acceptors (Lipinski definition) is 3. The van der Waals surface area contributed by atoms with Crippen molar-refractivity contribution in [3.8, 4) is 9.75 Å². The molecule has 0 aliphatic rings. The highest BCUT2D eigenvalue weighted by molar-refractivity contribution is 7.79. The average Bonchev–Trinajstić information content (AvgIpc) is 2.76. The Bertz CT molecular complexity index is 330. The third-order valence-corrected chi connectivity index (χ3v) is 3.22. The lowest BCUT2D eigenvalue weighted by molar-refractivity contribution is 0.560. The maximum absolute atomic E-state index is 7.56. The van der Waals surface area contributed by atoms with Gasteiger partial charge < -0.3 is 10.8 Å². The molecule has 74 valence electrons. The summed E-state index contributed by atoms with van der Waals surface area (Å²) in [5, 5.41) is 11.3. The molecule has 0 fully saturated rings. The van der Waals surface area contributed by atoms with Crippen molar-refractivity contribution in [3.05, 3.63) is 35.0 Å². The van der Waals surface area contributed by atoms with Gasteiger partial charge in [-0.15, -0.1) is 22.7 Å². The molecule has 5 heteroatoms. The predicted octanol–water partition coefficient (Wildman–Crippen LogP) is 3.26. The van der Waals surface area contributed by atoms with Gasteiger partial charge in [0.05, 0.1) is 0 Å². The van der Waals surface area contributed by atoms with E-state index in [9.17, 15) is 0 Å². The van der Waals surface area contributed by atoms with Crippen LogP contribution >= 0.6 is 34.9 Å². The zero-order valence-electron chi connectivity index (χ0n) is 7.21. The van der Waals surface area contributed by atoms with Crippen LogP contribution in [0, 0.1) is 0 Å². The molecule has 0 spiro atoms. The van der Waals surface area contributed by atoms with E-state index in [-0.39, 0.29) is 0 Å². The minimum Gasteiger partial charge on any atom is -0.487 e. The third kappa shape index (κ3) is 3.87. The monoisotopic (exact) mass is 243 g/mol. The van der Waals surface area contributed by atoms with Crippen molar-refractivity contribution < 1.29 is 5.11 Å². The normalized spacial score (nSPS) is 8.86. The average molecular weight is 243 g/mol. The zero-order valence-corrected chi connectivity index (χ0v) is 9.66. The Labute approximate surface area is 95.6 Å². The first-order valence-electron chi connectivity index (χ1n) is 3.76. The van der Waals surface area contributed by atoms with Crippen molar-refractivity contribution in [2.45, 2.75) is 0 Å². The Kier molecular flexibility index (Phi) is 4.58. The smallest absolute Gasteiger partial charge is 0.251 e. The van der Waals surface area contributed by atoms with Crippen LogP contribution in [-0.4, -0.2) is 10.3 Å². The summed E-state index contributed by atoms with van der Waals surface area (Å²) in [6.07, 6.45) is 0. The van der Waals surface area contributed by atoms with Crippen molar-refractivity contribution in [3.63, 3.8) is 0 Å². The van der Waals surface area contributed by atoms with E-state index >= 15 is 0 Å². The molecule has 0 amide bonds. The summed E-state index contributed by atoms with van der Waals surface area (Å²) < 4.78 is 0. The van der Waals surface area contributed by atoms with Gasteiger partial charge in [-0.25, -0.2) is 0 Å². The van der Waals surface area contributed by atoms with E-state index in [1.165, 1.54) is 9.75 Å². The minimum atomic E-state index is -0.500. The molecule has 0 aromatic carbocycles. The molecule has 0 unspecified atom stereocenters. The molecular formula is C9H9NOS3. The molecule has 0 bridgehead atoms. The number of aliphatic hydroxyl groups is 1. The topological polar surface area (TPSA) is 46.2 Å². The standard InChI is InChI=1S/C8H6S2.CH3NOS/c1-3-7(9-5-1)8-4-2-6-10-8;2-1(3)4/h1-6H;(H3,2,3,4). The zero-order chi connectivity index (χ0) is 10.4. The molecule has 0 saturated carbocycles. The molecule has 2 rings (SSSR count). The molecule has 0 saturated heterocycles. The van der Waals surface area contributed by atoms with Crippen LogP contribution in [0.5, 0.6) is 0 Å². The summed E-state index contributed by atoms with van der Waals surface area (Å²) in [5.74, 6) is 0. The van der Waals surface area contributed by atoms with E-state index in [1.807, 2.05) is 0 Å². The van der Waals surface area contributed by atoms with Gasteiger partial charge in [0.15, 0.2) is 0 Å². The van der Waals surface area contributed by atoms with E-state index in [2.05, 4.69) is 53.0 Å². The summed E-state index contributed by atoms with van der Waals surface area (Å²) in [4.78, 5) is 2.74. The van der Waals surface area contributed by atoms with Crippen LogP contribution in [0.25, 0.3) is 9.75 Å². The fourth-order valence-corrected chi connectivity index (χ4v) is 2.42. The molecule has 2 aromatic rings. The van der Waals surface area contributed by atoms with Gasteiger partial charge in [-0.1, -0.05) is 12.1 Å². The first kappa shape index (κ1) is 11.2. The molecular weight excluding hydrogens is 234 g/mol. The summed E-state index contributed by atoms with van der Waals surface area (Å²) in [6.45, 7) is 0. The quantitative estimate of drug-likeness (QED) is 0.756. The van der Waals surface area contributed by atoms with Crippen LogP contribution in [0.3, 0.4) is 0 Å². The van der Waals surface area contributed by atoms with Crippen molar-refractivity contribution in [2.24, 2.45) is 5.73 Å². The van der Waals surface area contributed by atoms with Gasteiger partial charge in [-0.3, -0.25) is 0 Å². The van der Waals surface area contributed by atoms with Crippen LogP contribution in [0.2, 0.25) is 0 Å². The highest BCUT2D eigenvalue weighted by Gasteiger charge is 1.96. The molecule has 2 nitrogen and oxygen atoms in total. The van der Waals surface area contributed by atoms with Gasteiger partial charge in [0, 0.05) is 9.75 Å². The highest BCUT2D eigenvalue weighted by Crippen LogP contribution is 2.28. The Hall–Kier alpha value is -0.910. The largest absolute Gasteiger partial charge is 0.487 e. The van der Waals surface area contributed by atoms with Crippen LogP contribution in [0.15, 0.2) is 35.0 Å². The van der Waals surface area contributed by atoms with Gasteiger partial charge in [-0.05, 0) is 35.1 Å². The molecule has 14 heavy (non-hydrogen) atoms. The fourth-order valence-electron chi connectivity index (χ4n) is 0.838. The van der Waals surface area contributed by atoms with Crippen LogP contribution in [0.4, 0.5) is 0 Å². The molecule has 0 aliphatic carbocycles. The van der Waals surface area contributed by atoms with E-state index in [0.717, 1.165) is 0 Å². The van der Waals surface area contributed by atoms with E-state index in [4.69, 9.17) is 5.11 Å². The van der Waals surface area contributed by atoms with Crippen LogP contribution in [-0.2, 0) is 0 Å². The highest BCUT2D eigenvalue weighted by atomic mass is 32.1. The van der Waals surface area contributed by atoms with Gasteiger partial charge >= 0.3 is 0 Å². The summed E-state index contributed by atoms with van der Waals surface area (Å²) in [6, 6.07) is 8.46. The van der Waals surface area contributed by atoms with Crippen molar-refractivity contribution in [1.82, 2.24) is 0 Å².